The highest BCUT2D eigenvalue weighted by molar-refractivity contribution is 8.00. The molecule has 3 nitrogen and oxygen atoms in total. The number of hydrogen-bond acceptors (Lipinski definition) is 4. The number of rotatable bonds is 0. The first-order chi connectivity index (χ1) is 8.86. The first-order valence-corrected chi connectivity index (χ1v) is 6.33. The molecule has 2 heterocycles. The Morgan fingerprint density at radius 1 is 1.37 bits per heavy atom. The molecule has 100 valence electrons. The van der Waals surface area contributed by atoms with Crippen LogP contribution in [-0.4, -0.2) is 11.4 Å². The molecule has 0 fully saturated rings. The summed E-state index contributed by atoms with van der Waals surface area (Å²) in [4.78, 5) is 11.7. The third-order valence-electron chi connectivity index (χ3n) is 3.01. The van der Waals surface area contributed by atoms with Crippen LogP contribution in [0.3, 0.4) is 0 Å². The Bertz CT molecular complexity index is 723. The van der Waals surface area contributed by atoms with Crippen molar-refractivity contribution in [1.29, 1.82) is 0 Å². The second-order valence-corrected chi connectivity index (χ2v) is 5.52. The van der Waals surface area contributed by atoms with E-state index in [4.69, 9.17) is 10.2 Å². The first kappa shape index (κ1) is 12.4. The largest absolute Gasteiger partial charge is 0.422 e. The van der Waals surface area contributed by atoms with Crippen molar-refractivity contribution in [3.05, 3.63) is 34.2 Å². The van der Waals surface area contributed by atoms with Crippen LogP contribution in [0.2, 0.25) is 0 Å². The fraction of sp³-hybridized carbons (Fsp3) is 0.250. The molecule has 1 aromatic carbocycles. The summed E-state index contributed by atoms with van der Waals surface area (Å²) in [6.07, 6.45) is -4.57. The number of benzene rings is 1. The molecular weight excluding hydrogens is 279 g/mol. The summed E-state index contributed by atoms with van der Waals surface area (Å²) in [5, 5.41) is -1.12. The number of anilines is 1. The van der Waals surface area contributed by atoms with Crippen molar-refractivity contribution >= 4 is 28.4 Å². The van der Waals surface area contributed by atoms with E-state index in [0.29, 0.717) is 28.4 Å². The van der Waals surface area contributed by atoms with Crippen molar-refractivity contribution in [1.82, 2.24) is 0 Å². The summed E-state index contributed by atoms with van der Waals surface area (Å²) < 4.78 is 43.3. The molecule has 0 amide bonds. The average molecular weight is 287 g/mol. The first-order valence-electron chi connectivity index (χ1n) is 5.45. The van der Waals surface area contributed by atoms with Gasteiger partial charge in [0, 0.05) is 11.1 Å². The van der Waals surface area contributed by atoms with Crippen molar-refractivity contribution in [3.63, 3.8) is 0 Å². The SMILES string of the molecule is Nc1ccc2oc(=O)c3c(c2c1)C[C@@H](C(F)(F)F)S3. The van der Waals surface area contributed by atoms with E-state index in [2.05, 4.69) is 0 Å². The monoisotopic (exact) mass is 287 g/mol. The molecule has 0 spiro atoms. The molecule has 1 aliphatic rings. The molecule has 0 saturated heterocycles. The molecule has 3 rings (SSSR count). The molecule has 0 bridgehead atoms. The summed E-state index contributed by atoms with van der Waals surface area (Å²) in [5.74, 6) is 0. The van der Waals surface area contributed by atoms with Crippen molar-refractivity contribution < 1.29 is 17.6 Å². The van der Waals surface area contributed by atoms with E-state index in [1.165, 1.54) is 12.1 Å². The lowest BCUT2D eigenvalue weighted by Gasteiger charge is -2.11. The van der Waals surface area contributed by atoms with Gasteiger partial charge in [0.05, 0.1) is 4.90 Å². The summed E-state index contributed by atoms with van der Waals surface area (Å²) in [5.41, 5.74) is 5.98. The highest BCUT2D eigenvalue weighted by Gasteiger charge is 2.45. The van der Waals surface area contributed by atoms with E-state index in [-0.39, 0.29) is 16.9 Å². The summed E-state index contributed by atoms with van der Waals surface area (Å²) in [6.45, 7) is 0. The van der Waals surface area contributed by atoms with Crippen LogP contribution in [0.25, 0.3) is 11.0 Å². The Balaban J connectivity index is 2.23. The lowest BCUT2D eigenvalue weighted by atomic mass is 10.0. The maximum absolute atomic E-state index is 12.8. The van der Waals surface area contributed by atoms with Gasteiger partial charge in [-0.3, -0.25) is 0 Å². The fourth-order valence-corrected chi connectivity index (χ4v) is 3.28. The van der Waals surface area contributed by atoms with Gasteiger partial charge in [0.2, 0.25) is 0 Å². The lowest BCUT2D eigenvalue weighted by Crippen LogP contribution is -2.24. The zero-order valence-electron chi connectivity index (χ0n) is 9.45. The second-order valence-electron chi connectivity index (χ2n) is 4.31. The minimum Gasteiger partial charge on any atom is -0.422 e. The van der Waals surface area contributed by atoms with Gasteiger partial charge in [-0.25, -0.2) is 4.79 Å². The molecule has 0 unspecified atom stereocenters. The van der Waals surface area contributed by atoms with E-state index >= 15 is 0 Å². The smallest absolute Gasteiger partial charge is 0.401 e. The molecule has 2 N–H and O–H groups in total. The van der Waals surface area contributed by atoms with Crippen molar-refractivity contribution in [3.8, 4) is 0 Å². The van der Waals surface area contributed by atoms with Crippen LogP contribution in [0.1, 0.15) is 5.56 Å². The van der Waals surface area contributed by atoms with Gasteiger partial charge in [-0.05, 0) is 30.2 Å². The number of alkyl halides is 3. The number of nitrogens with two attached hydrogens (primary N) is 1. The number of hydrogen-bond donors (Lipinski definition) is 1. The molecule has 0 radical (unpaired) electrons. The van der Waals surface area contributed by atoms with Crippen LogP contribution < -0.4 is 11.4 Å². The van der Waals surface area contributed by atoms with Gasteiger partial charge in [-0.2, -0.15) is 13.2 Å². The Kier molecular flexibility index (Phi) is 2.57. The molecule has 7 heteroatoms. The quantitative estimate of drug-likeness (QED) is 0.598. The van der Waals surface area contributed by atoms with Crippen molar-refractivity contribution in [2.75, 3.05) is 5.73 Å². The summed E-state index contributed by atoms with van der Waals surface area (Å²) in [7, 11) is 0. The van der Waals surface area contributed by atoms with Crippen LogP contribution in [0, 0.1) is 0 Å². The fourth-order valence-electron chi connectivity index (χ4n) is 2.14. The standard InChI is InChI=1S/C12H8F3NO2S/c13-12(14,15)9-4-7-6-3-5(16)1-2-8(6)18-11(17)10(7)19-9/h1-3,9H,4,16H2/t9-/m0/s1. The number of fused-ring (bicyclic) bond motifs is 3. The Hall–Kier alpha value is -1.63. The van der Waals surface area contributed by atoms with E-state index in [9.17, 15) is 18.0 Å². The lowest BCUT2D eigenvalue weighted by molar-refractivity contribution is -0.127. The van der Waals surface area contributed by atoms with Crippen LogP contribution in [0.5, 0.6) is 0 Å². The molecular formula is C12H8F3NO2S. The van der Waals surface area contributed by atoms with E-state index in [1.807, 2.05) is 0 Å². The molecule has 1 aliphatic heterocycles. The Morgan fingerprint density at radius 3 is 2.79 bits per heavy atom. The third-order valence-corrected chi connectivity index (χ3v) is 4.37. The summed E-state index contributed by atoms with van der Waals surface area (Å²) >= 11 is 0.518. The highest BCUT2D eigenvalue weighted by atomic mass is 32.2. The molecule has 1 atom stereocenters. The number of nitrogen functional groups attached to an aromatic ring is 1. The van der Waals surface area contributed by atoms with Gasteiger partial charge in [0.15, 0.2) is 0 Å². The normalized spacial score (nSPS) is 18.8. The molecule has 0 aliphatic carbocycles. The molecule has 2 aromatic rings. The Morgan fingerprint density at radius 2 is 2.11 bits per heavy atom. The van der Waals surface area contributed by atoms with Crippen LogP contribution in [0.15, 0.2) is 32.3 Å². The average Bonchev–Trinajstić information content (AvgIpc) is 2.76. The van der Waals surface area contributed by atoms with Crippen LogP contribution in [-0.2, 0) is 6.42 Å². The topological polar surface area (TPSA) is 56.2 Å². The third kappa shape index (κ3) is 1.98. The van der Waals surface area contributed by atoms with Gasteiger partial charge in [0.1, 0.15) is 10.8 Å². The second kappa shape index (κ2) is 3.93. The van der Waals surface area contributed by atoms with Gasteiger partial charge in [-0.1, -0.05) is 0 Å². The molecule has 1 aromatic heterocycles. The van der Waals surface area contributed by atoms with Gasteiger partial charge < -0.3 is 10.2 Å². The number of halogens is 3. The minimum absolute atomic E-state index is 0.0421. The maximum atomic E-state index is 12.8. The summed E-state index contributed by atoms with van der Waals surface area (Å²) in [6, 6.07) is 4.58. The van der Waals surface area contributed by atoms with Crippen molar-refractivity contribution in [2.45, 2.75) is 22.7 Å². The minimum atomic E-state index is -4.34. The predicted molar refractivity (Wildman–Crippen MR) is 66.3 cm³/mol. The molecule has 19 heavy (non-hydrogen) atoms. The molecule has 0 saturated carbocycles. The zero-order valence-corrected chi connectivity index (χ0v) is 10.3. The van der Waals surface area contributed by atoms with Gasteiger partial charge >= 0.3 is 11.8 Å². The van der Waals surface area contributed by atoms with E-state index in [0.717, 1.165) is 0 Å². The Labute approximate surface area is 109 Å². The van der Waals surface area contributed by atoms with Crippen LogP contribution >= 0.6 is 11.8 Å². The van der Waals surface area contributed by atoms with Gasteiger partial charge in [-0.15, -0.1) is 11.8 Å². The number of thioether (sulfide) groups is 1. The van der Waals surface area contributed by atoms with Crippen molar-refractivity contribution in [2.24, 2.45) is 0 Å². The van der Waals surface area contributed by atoms with Crippen LogP contribution in [0.4, 0.5) is 18.9 Å². The van der Waals surface area contributed by atoms with E-state index < -0.39 is 17.1 Å². The van der Waals surface area contributed by atoms with Gasteiger partial charge in [0.25, 0.3) is 0 Å². The highest BCUT2D eigenvalue weighted by Crippen LogP contribution is 2.45. The van der Waals surface area contributed by atoms with E-state index in [1.54, 1.807) is 6.07 Å². The maximum Gasteiger partial charge on any atom is 0.401 e. The predicted octanol–water partition coefficient (Wildman–Crippen LogP) is 2.95. The zero-order chi connectivity index (χ0) is 13.8.